The predicted molar refractivity (Wildman–Crippen MR) is 91.5 cm³/mol. The zero-order valence-corrected chi connectivity index (χ0v) is 16.1. The van der Waals surface area contributed by atoms with Crippen molar-refractivity contribution >= 4 is 8.80 Å². The maximum Gasteiger partial charge on any atom is 0.518 e. The second kappa shape index (κ2) is 12.6. The van der Waals surface area contributed by atoms with Crippen molar-refractivity contribution in [2.45, 2.75) is 71.4 Å². The fourth-order valence-corrected chi connectivity index (χ4v) is 5.46. The molecule has 0 N–H and O–H groups in total. The van der Waals surface area contributed by atoms with Crippen molar-refractivity contribution in [2.75, 3.05) is 34.4 Å². The molecule has 0 saturated heterocycles. The van der Waals surface area contributed by atoms with Crippen molar-refractivity contribution < 1.29 is 13.3 Å². The van der Waals surface area contributed by atoms with Crippen LogP contribution in [-0.2, 0) is 13.3 Å². The van der Waals surface area contributed by atoms with Gasteiger partial charge in [0.1, 0.15) is 0 Å². The summed E-state index contributed by atoms with van der Waals surface area (Å²) in [7, 11) is 2.56. The van der Waals surface area contributed by atoms with Crippen LogP contribution in [0.15, 0.2) is 0 Å². The van der Waals surface area contributed by atoms with Crippen LogP contribution in [0, 0.1) is 0 Å². The van der Waals surface area contributed by atoms with Crippen LogP contribution in [0.1, 0.15) is 65.7 Å². The van der Waals surface area contributed by atoms with E-state index >= 15 is 0 Å². The summed E-state index contributed by atoms with van der Waals surface area (Å²) in [5.74, 6) is 0. The summed E-state index contributed by atoms with van der Waals surface area (Å²) < 4.78 is 17.2. The van der Waals surface area contributed by atoms with Gasteiger partial charge in [-0.1, -0.05) is 46.5 Å². The molecule has 1 atom stereocenters. The monoisotopic (exact) mass is 319 g/mol. The largest absolute Gasteiger partial charge is 0.518 e. The highest BCUT2D eigenvalue weighted by molar-refractivity contribution is 6.62. The highest BCUT2D eigenvalue weighted by atomic mass is 28.4. The van der Waals surface area contributed by atoms with Crippen LogP contribution < -0.4 is 0 Å². The summed E-state index contributed by atoms with van der Waals surface area (Å²) >= 11 is 0. The van der Waals surface area contributed by atoms with E-state index in [0.717, 1.165) is 19.5 Å². The van der Waals surface area contributed by atoms with Gasteiger partial charge in [-0.2, -0.15) is 0 Å². The lowest BCUT2D eigenvalue weighted by Gasteiger charge is -2.39. The van der Waals surface area contributed by atoms with Gasteiger partial charge in [-0.05, 0) is 32.4 Å². The van der Waals surface area contributed by atoms with E-state index in [1.54, 1.807) is 21.3 Å². The lowest BCUT2D eigenvalue weighted by molar-refractivity contribution is 0.0708. The lowest BCUT2D eigenvalue weighted by Crippen LogP contribution is -2.61. The SMILES string of the molecule is CCCCCN(CCCCC)C(CC)[Si](OC)(OC)OC. The number of nitrogens with zero attached hydrogens (tertiary/aromatic N) is 1. The number of rotatable bonds is 14. The van der Waals surface area contributed by atoms with Gasteiger partial charge in [-0.15, -0.1) is 0 Å². The van der Waals surface area contributed by atoms with E-state index in [2.05, 4.69) is 25.7 Å². The summed E-state index contributed by atoms with van der Waals surface area (Å²) in [5, 5.41) is 0. The molecule has 0 aliphatic heterocycles. The van der Waals surface area contributed by atoms with Crippen molar-refractivity contribution in [1.29, 1.82) is 0 Å². The fraction of sp³-hybridized carbons (Fsp3) is 1.00. The van der Waals surface area contributed by atoms with Gasteiger partial charge < -0.3 is 13.3 Å². The molecule has 0 aromatic carbocycles. The van der Waals surface area contributed by atoms with Gasteiger partial charge in [0.05, 0.1) is 5.67 Å². The molecule has 4 nitrogen and oxygen atoms in total. The molecule has 0 aromatic rings. The van der Waals surface area contributed by atoms with Crippen LogP contribution in [0.2, 0.25) is 0 Å². The Bertz CT molecular complexity index is 219. The molecule has 1 unspecified atom stereocenters. The second-order valence-electron chi connectivity index (χ2n) is 5.59. The fourth-order valence-electron chi connectivity index (χ4n) is 2.94. The minimum atomic E-state index is -2.60. The maximum absolute atomic E-state index is 5.74. The van der Waals surface area contributed by atoms with E-state index in [9.17, 15) is 0 Å². The molecule has 5 heteroatoms. The standard InChI is InChI=1S/C16H37NO3Si/c1-7-10-12-14-17(15-13-11-8-2)16(9-3)21(18-4,19-5)20-6/h16H,7-15H2,1-6H3. The van der Waals surface area contributed by atoms with Crippen molar-refractivity contribution in [3.8, 4) is 0 Å². The third-order valence-electron chi connectivity index (χ3n) is 4.19. The average molecular weight is 320 g/mol. The Hall–Kier alpha value is 0.0569. The average Bonchev–Trinajstić information content (AvgIpc) is 2.52. The van der Waals surface area contributed by atoms with Crippen LogP contribution in [0.3, 0.4) is 0 Å². The van der Waals surface area contributed by atoms with Crippen molar-refractivity contribution in [3.63, 3.8) is 0 Å². The van der Waals surface area contributed by atoms with Crippen molar-refractivity contribution in [1.82, 2.24) is 4.90 Å². The minimum absolute atomic E-state index is 0.256. The number of hydrogen-bond donors (Lipinski definition) is 0. The first kappa shape index (κ1) is 21.1. The molecule has 0 bridgehead atoms. The molecule has 0 saturated carbocycles. The second-order valence-corrected chi connectivity index (χ2v) is 8.69. The molecule has 0 radical (unpaired) electrons. The normalized spacial score (nSPS) is 13.9. The van der Waals surface area contributed by atoms with E-state index in [1.165, 1.54) is 38.5 Å². The zero-order valence-electron chi connectivity index (χ0n) is 15.1. The lowest BCUT2D eigenvalue weighted by atomic mass is 10.2. The first-order chi connectivity index (χ1) is 10.2. The molecule has 0 heterocycles. The Labute approximate surface area is 133 Å². The Kier molecular flexibility index (Phi) is 12.6. The van der Waals surface area contributed by atoms with E-state index in [-0.39, 0.29) is 5.67 Å². The molecule has 0 fully saturated rings. The summed E-state index contributed by atoms with van der Waals surface area (Å²) in [6.07, 6.45) is 8.54. The molecule has 0 rings (SSSR count). The highest BCUT2D eigenvalue weighted by Gasteiger charge is 2.49. The topological polar surface area (TPSA) is 30.9 Å². The summed E-state index contributed by atoms with van der Waals surface area (Å²) in [4.78, 5) is 2.55. The van der Waals surface area contributed by atoms with Crippen LogP contribution in [0.25, 0.3) is 0 Å². The molecular weight excluding hydrogens is 282 g/mol. The minimum Gasteiger partial charge on any atom is -0.376 e. The molecule has 0 amide bonds. The molecular formula is C16H37NO3Si. The molecule has 21 heavy (non-hydrogen) atoms. The maximum atomic E-state index is 5.74. The first-order valence-corrected chi connectivity index (χ1v) is 10.3. The summed E-state index contributed by atoms with van der Waals surface area (Å²) in [6, 6.07) is 0. The van der Waals surface area contributed by atoms with E-state index < -0.39 is 8.80 Å². The van der Waals surface area contributed by atoms with Crippen molar-refractivity contribution in [3.05, 3.63) is 0 Å². The quantitative estimate of drug-likeness (QED) is 0.359. The molecule has 0 spiro atoms. The van der Waals surface area contributed by atoms with Crippen LogP contribution >= 0.6 is 0 Å². The molecule has 0 aromatic heterocycles. The third kappa shape index (κ3) is 6.78. The number of unbranched alkanes of at least 4 members (excludes halogenated alkanes) is 4. The van der Waals surface area contributed by atoms with Crippen molar-refractivity contribution in [2.24, 2.45) is 0 Å². The summed E-state index contributed by atoms with van der Waals surface area (Å²) in [5.41, 5.74) is 0.256. The molecule has 0 aliphatic carbocycles. The van der Waals surface area contributed by atoms with Crippen LogP contribution in [-0.4, -0.2) is 53.8 Å². The smallest absolute Gasteiger partial charge is 0.376 e. The van der Waals surface area contributed by atoms with Gasteiger partial charge in [0.2, 0.25) is 0 Å². The Morgan fingerprint density at radius 2 is 1.19 bits per heavy atom. The van der Waals surface area contributed by atoms with Gasteiger partial charge in [-0.25, -0.2) is 0 Å². The number of hydrogen-bond acceptors (Lipinski definition) is 4. The predicted octanol–water partition coefficient (Wildman–Crippen LogP) is 3.86. The van der Waals surface area contributed by atoms with Gasteiger partial charge in [0.25, 0.3) is 0 Å². The van der Waals surface area contributed by atoms with Crippen LogP contribution in [0.5, 0.6) is 0 Å². The zero-order chi connectivity index (χ0) is 16.1. The first-order valence-electron chi connectivity index (χ1n) is 8.55. The van der Waals surface area contributed by atoms with E-state index in [4.69, 9.17) is 13.3 Å². The molecule has 0 aliphatic rings. The Morgan fingerprint density at radius 3 is 1.48 bits per heavy atom. The Morgan fingerprint density at radius 1 is 0.762 bits per heavy atom. The van der Waals surface area contributed by atoms with Gasteiger partial charge >= 0.3 is 8.80 Å². The van der Waals surface area contributed by atoms with Gasteiger partial charge in [0.15, 0.2) is 0 Å². The summed E-state index contributed by atoms with van der Waals surface area (Å²) in [6.45, 7) is 8.92. The molecule has 128 valence electrons. The third-order valence-corrected chi connectivity index (χ3v) is 7.48. The van der Waals surface area contributed by atoms with Gasteiger partial charge in [0, 0.05) is 21.3 Å². The highest BCUT2D eigenvalue weighted by Crippen LogP contribution is 2.22. The van der Waals surface area contributed by atoms with E-state index in [1.807, 2.05) is 0 Å². The van der Waals surface area contributed by atoms with Crippen LogP contribution in [0.4, 0.5) is 0 Å². The Balaban J connectivity index is 4.91. The van der Waals surface area contributed by atoms with Gasteiger partial charge in [-0.3, -0.25) is 4.90 Å². The van der Waals surface area contributed by atoms with E-state index in [0.29, 0.717) is 0 Å².